The standard InChI is InChI=1S/C50H57F2N8O12P/c1-49(2,3)71-48(69)35(17-20-40(53)61)55-45(66)39-18-15-31-22-23-58(27-37(47(68)60(31)39)56-43(64)36-25-29-24-30(14-16-34(29)54-36)50(51,52)72-73-70)42(63)13-8-6-4-5-7-10-28-11-9-12-32-33(28)26-59(46(32)67)38-19-21-41(62)57-44(38)65/h9,11-12,14,16,24-25,31,35,37-39,54H,4-6,8,13,15,17-23,26-27H2,1-3H3,(H2,53,61)(H,55,66)(H,56,64)(H,57,62,65)/t31-,35+,37+,38?,39+/m1/s1. The molecule has 0 aliphatic carbocycles. The number of fused-ring (bicyclic) bond motifs is 3. The van der Waals surface area contributed by atoms with Crippen LogP contribution >= 0.6 is 8.69 Å². The highest BCUT2D eigenvalue weighted by molar-refractivity contribution is 7.17. The average molecular weight is 1030 g/mol. The van der Waals surface area contributed by atoms with Crippen molar-refractivity contribution in [2.45, 2.75) is 146 Å². The molecule has 3 saturated heterocycles. The number of halogens is 2. The number of esters is 1. The maximum absolute atomic E-state index is 14.7. The molecule has 4 aliphatic rings. The molecule has 0 bridgehead atoms. The number of carbonyl (C=O) groups excluding carboxylic acids is 9. The Kier molecular flexibility index (Phi) is 16.7. The van der Waals surface area contributed by atoms with Crippen LogP contribution in [0.4, 0.5) is 8.78 Å². The first-order valence-corrected chi connectivity index (χ1v) is 24.9. The summed E-state index contributed by atoms with van der Waals surface area (Å²) < 4.78 is 49.2. The maximum Gasteiger partial charge on any atom is 0.393 e. The number of hydrogen-bond donors (Lipinski definition) is 5. The van der Waals surface area contributed by atoms with Crippen LogP contribution in [0.5, 0.6) is 0 Å². The van der Waals surface area contributed by atoms with Crippen molar-refractivity contribution in [2.75, 3.05) is 13.1 Å². The number of ether oxygens (including phenoxy) is 1. The van der Waals surface area contributed by atoms with Crippen LogP contribution in [0.1, 0.15) is 135 Å². The lowest BCUT2D eigenvalue weighted by Crippen LogP contribution is -2.61. The fourth-order valence-electron chi connectivity index (χ4n) is 9.60. The lowest BCUT2D eigenvalue weighted by Gasteiger charge is -2.39. The Bertz CT molecular complexity index is 2780. The molecule has 20 nitrogen and oxygen atoms in total. The van der Waals surface area contributed by atoms with Gasteiger partial charge >= 0.3 is 20.8 Å². The second-order valence-corrected chi connectivity index (χ2v) is 19.8. The number of aromatic nitrogens is 1. The summed E-state index contributed by atoms with van der Waals surface area (Å²) in [5, 5.41) is 7.83. The smallest absolute Gasteiger partial charge is 0.393 e. The Morgan fingerprint density at radius 3 is 2.48 bits per heavy atom. The molecule has 3 aromatic rings. The Labute approximate surface area is 420 Å². The van der Waals surface area contributed by atoms with Crippen molar-refractivity contribution >= 4 is 72.8 Å². The van der Waals surface area contributed by atoms with E-state index < -0.39 is 91.7 Å². The average Bonchev–Trinajstić information content (AvgIpc) is 4.05. The van der Waals surface area contributed by atoms with Gasteiger partial charge in [-0.1, -0.05) is 24.3 Å². The largest absolute Gasteiger partial charge is 0.458 e. The summed E-state index contributed by atoms with van der Waals surface area (Å²) in [6.45, 7) is 5.00. The Morgan fingerprint density at radius 1 is 0.973 bits per heavy atom. The predicted octanol–water partition coefficient (Wildman–Crippen LogP) is 3.99. The second-order valence-electron chi connectivity index (χ2n) is 19.5. The summed E-state index contributed by atoms with van der Waals surface area (Å²) in [4.78, 5) is 126. The van der Waals surface area contributed by atoms with Crippen LogP contribution in [0, 0.1) is 11.8 Å². The van der Waals surface area contributed by atoms with E-state index in [0.29, 0.717) is 55.2 Å². The van der Waals surface area contributed by atoms with E-state index in [0.717, 1.165) is 12.1 Å². The SMILES string of the molecule is CC(C)(C)OC(=O)[C@H](CCC(N)=O)NC(=O)[C@@H]1CC[C@@H]2CCN(C(=O)CCCCCC#Cc3cccc4c3CN(C3CCC(=O)NC3=O)C4=O)C[C@H](NC(=O)c3cc4cc(C(F)(F)OP=O)ccc4[nH]3)C(=O)N21. The van der Waals surface area contributed by atoms with Crippen molar-refractivity contribution in [3.8, 4) is 11.8 Å². The first-order valence-electron chi connectivity index (χ1n) is 24.1. The predicted molar refractivity (Wildman–Crippen MR) is 256 cm³/mol. The van der Waals surface area contributed by atoms with Crippen molar-refractivity contribution in [2.24, 2.45) is 5.73 Å². The van der Waals surface area contributed by atoms with Gasteiger partial charge in [-0.05, 0) is 108 Å². The topological polar surface area (TPSA) is 277 Å². The highest BCUT2D eigenvalue weighted by Gasteiger charge is 2.47. The van der Waals surface area contributed by atoms with Gasteiger partial charge in [-0.15, -0.1) is 0 Å². The van der Waals surface area contributed by atoms with Gasteiger partial charge in [0.1, 0.15) is 35.5 Å². The third-order valence-electron chi connectivity index (χ3n) is 13.2. The first kappa shape index (κ1) is 53.7. The van der Waals surface area contributed by atoms with Crippen molar-refractivity contribution < 1.29 is 65.8 Å². The van der Waals surface area contributed by atoms with Gasteiger partial charge in [0.05, 0.1) is 5.56 Å². The van der Waals surface area contributed by atoms with Gasteiger partial charge in [0.15, 0.2) is 0 Å². The van der Waals surface area contributed by atoms with E-state index in [9.17, 15) is 56.5 Å². The molecule has 388 valence electrons. The number of unbranched alkanes of at least 4 members (excludes halogenated alkanes) is 3. The van der Waals surface area contributed by atoms with E-state index in [2.05, 4.69) is 37.3 Å². The van der Waals surface area contributed by atoms with E-state index in [1.54, 1.807) is 39.0 Å². The zero-order chi connectivity index (χ0) is 52.8. The normalized spacial score (nSPS) is 20.6. The summed E-state index contributed by atoms with van der Waals surface area (Å²) >= 11 is 0. The molecule has 73 heavy (non-hydrogen) atoms. The van der Waals surface area contributed by atoms with Gasteiger partial charge in [-0.2, -0.15) is 8.78 Å². The van der Waals surface area contributed by atoms with Crippen LogP contribution in [0.3, 0.4) is 0 Å². The van der Waals surface area contributed by atoms with Crippen molar-refractivity contribution in [1.29, 1.82) is 0 Å². The lowest BCUT2D eigenvalue weighted by atomic mass is 10.0. The quantitative estimate of drug-likeness (QED) is 0.0422. The summed E-state index contributed by atoms with van der Waals surface area (Å²) in [6, 6.07) is 4.77. The highest BCUT2D eigenvalue weighted by Crippen LogP contribution is 2.35. The number of benzene rings is 2. The molecule has 0 saturated carbocycles. The molecule has 4 aliphatic heterocycles. The van der Waals surface area contributed by atoms with E-state index in [1.165, 1.54) is 26.8 Å². The molecule has 7 rings (SSSR count). The molecule has 23 heteroatoms. The molecule has 1 aromatic heterocycles. The van der Waals surface area contributed by atoms with Gasteiger partial charge in [0.25, 0.3) is 11.8 Å². The van der Waals surface area contributed by atoms with Crippen LogP contribution < -0.4 is 21.7 Å². The molecule has 0 radical (unpaired) electrons. The number of nitrogens with two attached hydrogens (primary N) is 1. The number of H-pyrrole nitrogens is 1. The van der Waals surface area contributed by atoms with Gasteiger partial charge in [-0.3, -0.25) is 43.7 Å². The van der Waals surface area contributed by atoms with E-state index in [1.807, 2.05) is 0 Å². The minimum atomic E-state index is -3.91. The summed E-state index contributed by atoms with van der Waals surface area (Å²) in [7, 11) is -1.24. The number of hydrogen-bond acceptors (Lipinski definition) is 12. The third-order valence-corrected chi connectivity index (χ3v) is 13.5. The van der Waals surface area contributed by atoms with Gasteiger partial charge in [0.2, 0.25) is 35.4 Å². The van der Waals surface area contributed by atoms with E-state index in [-0.39, 0.29) is 92.5 Å². The molecule has 5 heterocycles. The molecule has 6 N–H and O–H groups in total. The number of carbonyl (C=O) groups is 9. The van der Waals surface area contributed by atoms with Crippen LogP contribution in [0.15, 0.2) is 42.5 Å². The molecule has 3 fully saturated rings. The number of nitrogens with one attached hydrogen (secondary N) is 4. The van der Waals surface area contributed by atoms with Crippen LogP contribution in [-0.2, 0) is 60.0 Å². The van der Waals surface area contributed by atoms with E-state index in [4.69, 9.17) is 10.5 Å². The molecule has 1 unspecified atom stereocenters. The van der Waals surface area contributed by atoms with Gasteiger partial charge < -0.3 is 40.8 Å². The number of amides is 8. The fourth-order valence-corrected chi connectivity index (χ4v) is 9.80. The monoisotopic (exact) mass is 1030 g/mol. The van der Waals surface area contributed by atoms with E-state index >= 15 is 0 Å². The highest BCUT2D eigenvalue weighted by atomic mass is 31.1. The van der Waals surface area contributed by atoms with Crippen LogP contribution in [-0.4, -0.2) is 122 Å². The van der Waals surface area contributed by atoms with Crippen molar-refractivity contribution in [3.05, 3.63) is 70.4 Å². The molecule has 2 aromatic carbocycles. The van der Waals surface area contributed by atoms with Crippen LogP contribution in [0.2, 0.25) is 0 Å². The first-order chi connectivity index (χ1) is 34.6. The molecule has 0 spiro atoms. The molecular formula is C50H57F2N8O12P. The number of aromatic amines is 1. The Morgan fingerprint density at radius 2 is 1.75 bits per heavy atom. The summed E-state index contributed by atoms with van der Waals surface area (Å²) in [6.07, 6.45) is -0.795. The summed E-state index contributed by atoms with van der Waals surface area (Å²) in [5.41, 5.74) is 5.80. The Hall–Kier alpha value is -7.11. The van der Waals surface area contributed by atoms with Gasteiger partial charge in [-0.25, -0.2) is 13.9 Å². The fraction of sp³-hybridized carbons (Fsp3) is 0.500. The maximum atomic E-state index is 14.7. The van der Waals surface area contributed by atoms with Crippen molar-refractivity contribution in [3.63, 3.8) is 0 Å². The number of nitrogens with zero attached hydrogens (tertiary/aromatic N) is 3. The van der Waals surface area contributed by atoms with Gasteiger partial charge in [0, 0.05) is 73.4 Å². The zero-order valence-corrected chi connectivity index (χ0v) is 41.5. The number of rotatable bonds is 17. The minimum Gasteiger partial charge on any atom is -0.458 e. The Balaban J connectivity index is 1.02. The molecule has 8 amide bonds. The summed E-state index contributed by atoms with van der Waals surface area (Å²) in [5.74, 6) is 1.16. The molecular weight excluding hydrogens is 974 g/mol. The molecule has 5 atom stereocenters. The third kappa shape index (κ3) is 12.9. The zero-order valence-electron chi connectivity index (χ0n) is 40.6. The lowest BCUT2D eigenvalue weighted by molar-refractivity contribution is -0.179. The number of primary amides is 1. The minimum absolute atomic E-state index is 0.105. The number of alkyl halides is 2. The number of imide groups is 1. The second kappa shape index (κ2) is 22.8. The van der Waals surface area contributed by atoms with Crippen molar-refractivity contribution in [1.82, 2.24) is 35.6 Å². The number of piperidine rings is 1. The van der Waals surface area contributed by atoms with Crippen LogP contribution in [0.25, 0.3) is 10.9 Å².